The fourth-order valence-corrected chi connectivity index (χ4v) is 1.92. The maximum absolute atomic E-state index is 12.0. The molecule has 2 rings (SSSR count). The third kappa shape index (κ3) is 3.96. The number of nitrogens with two attached hydrogens (primary N) is 1. The topological polar surface area (TPSA) is 77.2 Å². The van der Waals surface area contributed by atoms with Gasteiger partial charge in [-0.1, -0.05) is 6.07 Å². The van der Waals surface area contributed by atoms with Crippen LogP contribution in [0.4, 0.5) is 11.4 Å². The van der Waals surface area contributed by atoms with Crippen LogP contribution in [0, 0.1) is 0 Å². The Morgan fingerprint density at radius 1 is 1.40 bits per heavy atom. The minimum absolute atomic E-state index is 0.254. The molecule has 20 heavy (non-hydrogen) atoms. The Morgan fingerprint density at radius 3 is 2.90 bits per heavy atom. The van der Waals surface area contributed by atoms with Gasteiger partial charge in [-0.3, -0.25) is 9.78 Å². The Bertz CT molecular complexity index is 619. The van der Waals surface area contributed by atoms with E-state index in [9.17, 15) is 4.79 Å². The van der Waals surface area contributed by atoms with E-state index in [1.807, 2.05) is 0 Å². The number of aromatic nitrogens is 1. The molecule has 1 atom stereocenters. The molecule has 0 radical (unpaired) electrons. The average molecular weight is 336 g/mol. The molecule has 0 saturated heterocycles. The van der Waals surface area contributed by atoms with E-state index in [1.165, 1.54) is 0 Å². The lowest BCUT2D eigenvalue weighted by Crippen LogP contribution is -2.30. The Hall–Kier alpha value is -2.08. The van der Waals surface area contributed by atoms with E-state index in [-0.39, 0.29) is 5.91 Å². The molecule has 2 aromatic rings. The van der Waals surface area contributed by atoms with Crippen molar-refractivity contribution in [3.8, 4) is 5.75 Å². The highest BCUT2D eigenvalue weighted by Crippen LogP contribution is 2.18. The lowest BCUT2D eigenvalue weighted by atomic mass is 10.2. The molecule has 1 aromatic carbocycles. The zero-order valence-electron chi connectivity index (χ0n) is 10.8. The van der Waals surface area contributed by atoms with Gasteiger partial charge >= 0.3 is 0 Å². The Kier molecular flexibility index (Phi) is 4.57. The van der Waals surface area contributed by atoms with E-state index in [0.29, 0.717) is 17.1 Å². The van der Waals surface area contributed by atoms with E-state index >= 15 is 0 Å². The Morgan fingerprint density at radius 2 is 2.20 bits per heavy atom. The summed E-state index contributed by atoms with van der Waals surface area (Å²) in [6, 6.07) is 8.72. The molecule has 5 nitrogen and oxygen atoms in total. The van der Waals surface area contributed by atoms with Crippen molar-refractivity contribution in [2.75, 3.05) is 11.1 Å². The summed E-state index contributed by atoms with van der Waals surface area (Å²) in [7, 11) is 0. The number of rotatable bonds is 4. The highest BCUT2D eigenvalue weighted by atomic mass is 79.9. The number of hydrogen-bond donors (Lipinski definition) is 2. The summed E-state index contributed by atoms with van der Waals surface area (Å²) in [6.07, 6.45) is 2.55. The predicted octanol–water partition coefficient (Wildman–Crippen LogP) is 2.83. The van der Waals surface area contributed by atoms with Gasteiger partial charge < -0.3 is 15.8 Å². The number of nitrogen functional groups attached to an aromatic ring is 1. The van der Waals surface area contributed by atoms with E-state index in [2.05, 4.69) is 26.2 Å². The molecule has 104 valence electrons. The SMILES string of the molecule is CC(Oc1cncc(Br)c1)C(=O)Nc1cccc(N)c1. The fraction of sp³-hybridized carbons (Fsp3) is 0.143. The summed E-state index contributed by atoms with van der Waals surface area (Å²) in [6.45, 7) is 1.67. The highest BCUT2D eigenvalue weighted by molar-refractivity contribution is 9.10. The number of ether oxygens (including phenoxy) is 1. The molecule has 1 aromatic heterocycles. The number of hydrogen-bond acceptors (Lipinski definition) is 4. The standard InChI is InChI=1S/C14H14BrN3O2/c1-9(20-13-5-10(15)7-17-8-13)14(19)18-12-4-2-3-11(16)6-12/h2-9H,16H2,1H3,(H,18,19). The summed E-state index contributed by atoms with van der Waals surface area (Å²) in [5.41, 5.74) is 6.88. The molecular formula is C14H14BrN3O2. The number of halogens is 1. The van der Waals surface area contributed by atoms with Crippen molar-refractivity contribution in [3.63, 3.8) is 0 Å². The Balaban J connectivity index is 1.98. The molecule has 1 heterocycles. The molecular weight excluding hydrogens is 322 g/mol. The number of amides is 1. The monoisotopic (exact) mass is 335 g/mol. The van der Waals surface area contributed by atoms with Crippen LogP contribution < -0.4 is 15.8 Å². The van der Waals surface area contributed by atoms with Gasteiger partial charge in [-0.25, -0.2) is 0 Å². The molecule has 0 saturated carbocycles. The van der Waals surface area contributed by atoms with Crippen molar-refractivity contribution in [1.82, 2.24) is 4.98 Å². The highest BCUT2D eigenvalue weighted by Gasteiger charge is 2.15. The van der Waals surface area contributed by atoms with Gasteiger partial charge in [0.05, 0.1) is 6.20 Å². The first-order chi connectivity index (χ1) is 9.54. The molecule has 1 unspecified atom stereocenters. The van der Waals surface area contributed by atoms with Gasteiger partial charge in [-0.15, -0.1) is 0 Å². The largest absolute Gasteiger partial charge is 0.479 e. The molecule has 0 bridgehead atoms. The second-order valence-corrected chi connectivity index (χ2v) is 5.13. The maximum Gasteiger partial charge on any atom is 0.265 e. The van der Waals surface area contributed by atoms with Crippen LogP contribution in [0.3, 0.4) is 0 Å². The second kappa shape index (κ2) is 6.38. The zero-order valence-corrected chi connectivity index (χ0v) is 12.4. The molecule has 0 aliphatic rings. The first kappa shape index (κ1) is 14.3. The van der Waals surface area contributed by atoms with Crippen LogP contribution in [-0.4, -0.2) is 17.0 Å². The van der Waals surface area contributed by atoms with Crippen molar-refractivity contribution in [3.05, 3.63) is 47.2 Å². The number of carbonyl (C=O) groups is 1. The third-order valence-electron chi connectivity index (χ3n) is 2.52. The quantitative estimate of drug-likeness (QED) is 0.842. The lowest BCUT2D eigenvalue weighted by molar-refractivity contribution is -0.122. The summed E-state index contributed by atoms with van der Waals surface area (Å²) in [5.74, 6) is 0.269. The van der Waals surface area contributed by atoms with Gasteiger partial charge in [0.2, 0.25) is 0 Å². The van der Waals surface area contributed by atoms with E-state index < -0.39 is 6.10 Å². The number of nitrogens with one attached hydrogen (secondary N) is 1. The van der Waals surface area contributed by atoms with Crippen LogP contribution in [0.1, 0.15) is 6.92 Å². The molecule has 3 N–H and O–H groups in total. The molecule has 0 spiro atoms. The molecule has 6 heteroatoms. The minimum atomic E-state index is -0.646. The van der Waals surface area contributed by atoms with Crippen molar-refractivity contribution in [2.45, 2.75) is 13.0 Å². The van der Waals surface area contributed by atoms with Crippen LogP contribution in [0.5, 0.6) is 5.75 Å². The van der Waals surface area contributed by atoms with E-state index in [4.69, 9.17) is 10.5 Å². The first-order valence-electron chi connectivity index (χ1n) is 5.98. The predicted molar refractivity (Wildman–Crippen MR) is 81.5 cm³/mol. The lowest BCUT2D eigenvalue weighted by Gasteiger charge is -2.14. The summed E-state index contributed by atoms with van der Waals surface area (Å²) in [5, 5.41) is 2.74. The van der Waals surface area contributed by atoms with E-state index in [0.717, 1.165) is 4.47 Å². The number of benzene rings is 1. The third-order valence-corrected chi connectivity index (χ3v) is 2.95. The minimum Gasteiger partial charge on any atom is -0.479 e. The van der Waals surface area contributed by atoms with Crippen molar-refractivity contribution in [1.29, 1.82) is 0 Å². The number of nitrogens with zero attached hydrogens (tertiary/aromatic N) is 1. The molecule has 0 aliphatic carbocycles. The van der Waals surface area contributed by atoms with Gasteiger partial charge in [-0.2, -0.15) is 0 Å². The van der Waals surface area contributed by atoms with Crippen molar-refractivity contribution < 1.29 is 9.53 Å². The van der Waals surface area contributed by atoms with Gasteiger partial charge in [0.1, 0.15) is 5.75 Å². The van der Waals surface area contributed by atoms with Crippen molar-refractivity contribution in [2.24, 2.45) is 0 Å². The van der Waals surface area contributed by atoms with Gasteiger partial charge in [0, 0.05) is 22.0 Å². The van der Waals surface area contributed by atoms with E-state index in [1.54, 1.807) is 49.6 Å². The summed E-state index contributed by atoms with van der Waals surface area (Å²) in [4.78, 5) is 16.0. The fourth-order valence-electron chi connectivity index (χ4n) is 1.57. The molecule has 0 fully saturated rings. The van der Waals surface area contributed by atoms with Crippen LogP contribution in [0.2, 0.25) is 0 Å². The zero-order chi connectivity index (χ0) is 14.5. The molecule has 1 amide bonds. The second-order valence-electron chi connectivity index (χ2n) is 4.21. The van der Waals surface area contributed by atoms with Crippen LogP contribution >= 0.6 is 15.9 Å². The van der Waals surface area contributed by atoms with Crippen LogP contribution in [0.15, 0.2) is 47.2 Å². The summed E-state index contributed by atoms with van der Waals surface area (Å²) >= 11 is 3.29. The van der Waals surface area contributed by atoms with Gasteiger partial charge in [-0.05, 0) is 47.1 Å². The van der Waals surface area contributed by atoms with Crippen LogP contribution in [-0.2, 0) is 4.79 Å². The number of carbonyl (C=O) groups excluding carboxylic acids is 1. The number of anilines is 2. The van der Waals surface area contributed by atoms with Crippen LogP contribution in [0.25, 0.3) is 0 Å². The normalized spacial score (nSPS) is 11.7. The van der Waals surface area contributed by atoms with Crippen molar-refractivity contribution >= 4 is 33.2 Å². The first-order valence-corrected chi connectivity index (χ1v) is 6.77. The Labute approximate surface area is 125 Å². The summed E-state index contributed by atoms with van der Waals surface area (Å²) < 4.78 is 6.31. The molecule has 0 aliphatic heterocycles. The van der Waals surface area contributed by atoms with Gasteiger partial charge in [0.15, 0.2) is 6.10 Å². The average Bonchev–Trinajstić information content (AvgIpc) is 2.38. The smallest absolute Gasteiger partial charge is 0.265 e. The van der Waals surface area contributed by atoms with Gasteiger partial charge in [0.25, 0.3) is 5.91 Å². The number of pyridine rings is 1. The maximum atomic E-state index is 12.0.